The second kappa shape index (κ2) is 8.05. The molecule has 0 saturated carbocycles. The van der Waals surface area contributed by atoms with Crippen molar-refractivity contribution in [3.05, 3.63) is 114 Å². The molecule has 0 atom stereocenters. The number of phenols is 2. The maximum atomic E-state index is 11.0. The monoisotopic (exact) mass is 413 g/mol. The number of phenolic OH excluding ortho intramolecular Hbond substituents is 2. The van der Waals surface area contributed by atoms with Crippen molar-refractivity contribution >= 4 is 34.0 Å². The topological polar surface area (TPSA) is 53.4 Å². The van der Waals surface area contributed by atoms with Crippen LogP contribution in [-0.2, 0) is 0 Å². The smallest absolute Gasteiger partial charge is 0.120 e. The van der Waals surface area contributed by atoms with Gasteiger partial charge in [-0.05, 0) is 45.3 Å². The molecule has 30 heavy (non-hydrogen) atoms. The van der Waals surface area contributed by atoms with E-state index >= 15 is 0 Å². The third kappa shape index (κ3) is 3.23. The van der Waals surface area contributed by atoms with Crippen LogP contribution >= 0.6 is 12.4 Å². The molecule has 0 fully saturated rings. The van der Waals surface area contributed by atoms with Gasteiger partial charge in [-0.15, -0.1) is 12.4 Å². The molecule has 1 aromatic heterocycles. The molecule has 0 spiro atoms. The number of fused-ring (bicyclic) bond motifs is 2. The fourth-order valence-electron chi connectivity index (χ4n) is 4.20. The van der Waals surface area contributed by atoms with Gasteiger partial charge >= 0.3 is 0 Å². The van der Waals surface area contributed by atoms with E-state index in [1.54, 1.807) is 24.5 Å². The van der Waals surface area contributed by atoms with Crippen molar-refractivity contribution in [3.63, 3.8) is 0 Å². The van der Waals surface area contributed by atoms with Crippen molar-refractivity contribution in [2.75, 3.05) is 0 Å². The van der Waals surface area contributed by atoms with Crippen LogP contribution in [0.2, 0.25) is 0 Å². The number of rotatable bonds is 3. The predicted octanol–water partition coefficient (Wildman–Crippen LogP) is 6.40. The van der Waals surface area contributed by atoms with Crippen molar-refractivity contribution < 1.29 is 10.2 Å². The normalized spacial score (nSPS) is 11.0. The van der Waals surface area contributed by atoms with Crippen LogP contribution in [0.3, 0.4) is 0 Å². The Balaban J connectivity index is 0.00000218. The van der Waals surface area contributed by atoms with Crippen LogP contribution in [0, 0.1) is 0 Å². The summed E-state index contributed by atoms with van der Waals surface area (Å²) in [6.45, 7) is 0. The molecule has 0 unspecified atom stereocenters. The van der Waals surface area contributed by atoms with Gasteiger partial charge in [0.05, 0.1) is 0 Å². The van der Waals surface area contributed by atoms with Gasteiger partial charge in [0.25, 0.3) is 0 Å². The Morgan fingerprint density at radius 2 is 1.13 bits per heavy atom. The molecule has 148 valence electrons. The van der Waals surface area contributed by atoms with E-state index < -0.39 is 0 Å². The molecule has 3 nitrogen and oxygen atoms in total. The Kier molecular flexibility index (Phi) is 5.30. The standard InChI is InChI=1S/C26H19NO2.ClH/c28-22-13-11-17-6-1-3-9-20(17)25(22)24(19-8-5-15-27-16-19)26-21-10-4-2-7-18(21)12-14-23(26)29;/h1-16,24,28-29H;1H. The number of hydrogen-bond donors (Lipinski definition) is 2. The lowest BCUT2D eigenvalue weighted by molar-refractivity contribution is 0.460. The first kappa shape index (κ1) is 19.7. The van der Waals surface area contributed by atoms with Crippen molar-refractivity contribution in [1.29, 1.82) is 0 Å². The van der Waals surface area contributed by atoms with Gasteiger partial charge in [-0.3, -0.25) is 4.98 Å². The van der Waals surface area contributed by atoms with Crippen LogP contribution in [0.5, 0.6) is 11.5 Å². The maximum absolute atomic E-state index is 11.0. The number of hydrogen-bond acceptors (Lipinski definition) is 3. The molecule has 0 amide bonds. The van der Waals surface area contributed by atoms with E-state index in [1.807, 2.05) is 72.8 Å². The van der Waals surface area contributed by atoms with Crippen molar-refractivity contribution in [2.24, 2.45) is 0 Å². The quantitative estimate of drug-likeness (QED) is 0.359. The van der Waals surface area contributed by atoms with E-state index in [0.717, 1.165) is 38.2 Å². The van der Waals surface area contributed by atoms with Crippen LogP contribution in [0.4, 0.5) is 0 Å². The molecule has 0 bridgehead atoms. The number of benzene rings is 4. The Labute approximate surface area is 180 Å². The number of aromatic hydroxyl groups is 2. The van der Waals surface area contributed by atoms with E-state index in [4.69, 9.17) is 0 Å². The van der Waals surface area contributed by atoms with E-state index in [0.29, 0.717) is 0 Å². The summed E-state index contributed by atoms with van der Waals surface area (Å²) in [7, 11) is 0. The van der Waals surface area contributed by atoms with Gasteiger partial charge in [0.1, 0.15) is 11.5 Å². The fraction of sp³-hybridized carbons (Fsp3) is 0.0385. The zero-order valence-corrected chi connectivity index (χ0v) is 16.9. The molecule has 0 saturated heterocycles. The maximum Gasteiger partial charge on any atom is 0.120 e. The van der Waals surface area contributed by atoms with Gasteiger partial charge in [-0.1, -0.05) is 66.7 Å². The Morgan fingerprint density at radius 1 is 0.600 bits per heavy atom. The first-order valence-electron chi connectivity index (χ1n) is 9.55. The molecule has 5 rings (SSSR count). The molecule has 0 aliphatic heterocycles. The summed E-state index contributed by atoms with van der Waals surface area (Å²) in [5.74, 6) is 0.0238. The van der Waals surface area contributed by atoms with Gasteiger partial charge in [-0.25, -0.2) is 0 Å². The molecule has 1 heterocycles. The lowest BCUT2D eigenvalue weighted by Crippen LogP contribution is -2.06. The Bertz CT molecular complexity index is 1250. The van der Waals surface area contributed by atoms with Gasteiger partial charge in [0.15, 0.2) is 0 Å². The number of aromatic nitrogens is 1. The van der Waals surface area contributed by atoms with E-state index in [9.17, 15) is 10.2 Å². The summed E-state index contributed by atoms with van der Waals surface area (Å²) < 4.78 is 0. The highest BCUT2D eigenvalue weighted by atomic mass is 35.5. The van der Waals surface area contributed by atoms with Crippen molar-refractivity contribution in [3.8, 4) is 11.5 Å². The first-order chi connectivity index (χ1) is 14.2. The molecular formula is C26H20ClNO2. The fourth-order valence-corrected chi connectivity index (χ4v) is 4.20. The third-order valence-corrected chi connectivity index (χ3v) is 5.49. The summed E-state index contributed by atoms with van der Waals surface area (Å²) >= 11 is 0. The number of halogens is 1. The van der Waals surface area contributed by atoms with Crippen LogP contribution in [0.15, 0.2) is 97.3 Å². The van der Waals surface area contributed by atoms with Crippen LogP contribution in [-0.4, -0.2) is 15.2 Å². The average Bonchev–Trinajstić information content (AvgIpc) is 2.77. The molecular weight excluding hydrogens is 394 g/mol. The number of nitrogens with zero attached hydrogens (tertiary/aromatic N) is 1. The summed E-state index contributed by atoms with van der Waals surface area (Å²) in [5.41, 5.74) is 2.44. The highest BCUT2D eigenvalue weighted by molar-refractivity contribution is 5.93. The highest BCUT2D eigenvalue weighted by Gasteiger charge is 2.26. The molecule has 2 N–H and O–H groups in total. The minimum absolute atomic E-state index is 0. The highest BCUT2D eigenvalue weighted by Crippen LogP contribution is 2.46. The molecule has 4 aromatic carbocycles. The third-order valence-electron chi connectivity index (χ3n) is 5.49. The summed E-state index contributed by atoms with van der Waals surface area (Å²) in [4.78, 5) is 4.31. The molecule has 0 aliphatic rings. The van der Waals surface area contributed by atoms with Gasteiger partial charge < -0.3 is 10.2 Å². The van der Waals surface area contributed by atoms with E-state index in [2.05, 4.69) is 4.98 Å². The Hall–Kier alpha value is -3.56. The molecule has 0 radical (unpaired) electrons. The van der Waals surface area contributed by atoms with Gasteiger partial charge in [0.2, 0.25) is 0 Å². The van der Waals surface area contributed by atoms with Crippen LogP contribution in [0.25, 0.3) is 21.5 Å². The molecule has 0 aliphatic carbocycles. The van der Waals surface area contributed by atoms with Gasteiger partial charge in [-0.2, -0.15) is 0 Å². The summed E-state index contributed by atoms with van der Waals surface area (Å²) in [5, 5.41) is 25.9. The minimum Gasteiger partial charge on any atom is -0.508 e. The van der Waals surface area contributed by atoms with Gasteiger partial charge in [0, 0.05) is 29.4 Å². The summed E-state index contributed by atoms with van der Waals surface area (Å²) in [6.07, 6.45) is 3.53. The first-order valence-corrected chi connectivity index (χ1v) is 9.55. The predicted molar refractivity (Wildman–Crippen MR) is 124 cm³/mol. The molecule has 4 heteroatoms. The molecule has 5 aromatic rings. The lowest BCUT2D eigenvalue weighted by atomic mass is 9.80. The van der Waals surface area contributed by atoms with Crippen molar-refractivity contribution in [1.82, 2.24) is 4.98 Å². The second-order valence-corrected chi connectivity index (χ2v) is 7.16. The largest absolute Gasteiger partial charge is 0.508 e. The van der Waals surface area contributed by atoms with Crippen LogP contribution < -0.4 is 0 Å². The summed E-state index contributed by atoms with van der Waals surface area (Å²) in [6, 6.07) is 27.1. The second-order valence-electron chi connectivity index (χ2n) is 7.16. The lowest BCUT2D eigenvalue weighted by Gasteiger charge is -2.24. The van der Waals surface area contributed by atoms with Crippen molar-refractivity contribution in [2.45, 2.75) is 5.92 Å². The van der Waals surface area contributed by atoms with E-state index in [-0.39, 0.29) is 29.8 Å². The SMILES string of the molecule is Cl.Oc1ccc2ccccc2c1C(c1cccnc1)c1c(O)ccc2ccccc12. The Morgan fingerprint density at radius 3 is 1.63 bits per heavy atom. The zero-order chi connectivity index (χ0) is 19.8. The average molecular weight is 414 g/mol. The van der Waals surface area contributed by atoms with E-state index in [1.165, 1.54) is 0 Å². The minimum atomic E-state index is -0.374. The zero-order valence-electron chi connectivity index (χ0n) is 16.1. The number of pyridine rings is 1. The van der Waals surface area contributed by atoms with Crippen LogP contribution in [0.1, 0.15) is 22.6 Å².